The second-order valence-electron chi connectivity index (χ2n) is 6.92. The third-order valence-corrected chi connectivity index (χ3v) is 5.44. The lowest BCUT2D eigenvalue weighted by Crippen LogP contribution is -2.12. The van der Waals surface area contributed by atoms with E-state index in [2.05, 4.69) is 28.0 Å². The van der Waals surface area contributed by atoms with Gasteiger partial charge in [0.05, 0.1) is 25.6 Å². The summed E-state index contributed by atoms with van der Waals surface area (Å²) in [7, 11) is 5.16. The van der Waals surface area contributed by atoms with Gasteiger partial charge in [-0.25, -0.2) is 4.99 Å². The van der Waals surface area contributed by atoms with Crippen LogP contribution >= 0.6 is 11.9 Å². The fourth-order valence-corrected chi connectivity index (χ4v) is 3.65. The lowest BCUT2D eigenvalue weighted by Gasteiger charge is -2.16. The van der Waals surface area contributed by atoms with Crippen molar-refractivity contribution in [3.63, 3.8) is 0 Å². The smallest absolute Gasteiger partial charge is 0.156 e. The van der Waals surface area contributed by atoms with Crippen LogP contribution < -0.4 is 24.8 Å². The van der Waals surface area contributed by atoms with Gasteiger partial charge in [0.1, 0.15) is 11.5 Å². The second kappa shape index (κ2) is 11.2. The van der Waals surface area contributed by atoms with Crippen molar-refractivity contribution in [2.75, 3.05) is 31.9 Å². The second-order valence-corrected chi connectivity index (χ2v) is 7.80. The zero-order valence-electron chi connectivity index (χ0n) is 18.7. The summed E-state index contributed by atoms with van der Waals surface area (Å²) >= 11 is 1.49. The molecule has 0 saturated heterocycles. The molecule has 7 heteroatoms. The predicted molar refractivity (Wildman–Crippen MR) is 136 cm³/mol. The van der Waals surface area contributed by atoms with Crippen LogP contribution in [0.25, 0.3) is 0 Å². The van der Waals surface area contributed by atoms with E-state index in [0.29, 0.717) is 17.3 Å². The Morgan fingerprint density at radius 1 is 0.969 bits per heavy atom. The van der Waals surface area contributed by atoms with Crippen LogP contribution in [-0.4, -0.2) is 27.0 Å². The van der Waals surface area contributed by atoms with Crippen molar-refractivity contribution >= 4 is 29.0 Å². The molecule has 2 aromatic carbocycles. The number of benzene rings is 2. The molecule has 0 aliphatic heterocycles. The van der Waals surface area contributed by atoms with Gasteiger partial charge < -0.3 is 24.8 Å². The fourth-order valence-electron chi connectivity index (χ4n) is 2.90. The first-order valence-corrected chi connectivity index (χ1v) is 10.9. The Hall–Kier alpha value is -3.58. The summed E-state index contributed by atoms with van der Waals surface area (Å²) in [5.74, 6) is 2.09. The molecule has 0 spiro atoms. The molecule has 0 bridgehead atoms. The monoisotopic (exact) mass is 448 g/mol. The molecule has 0 atom stereocenters. The number of methoxy groups -OCH3 is 2. The highest BCUT2D eigenvalue weighted by Gasteiger charge is 2.09. The molecule has 0 saturated carbocycles. The van der Waals surface area contributed by atoms with Crippen molar-refractivity contribution in [1.29, 1.82) is 0 Å². The standard InChI is InChI=1S/C25H28N4O2S/c1-17-9-6-7-12-24(17)28-25(29-32-23-11-8-10-19(15-23)26-3)18(2)27-20-13-21(30-4)16-22(14-20)31-5/h6-16,26-27,29H,1H2,2-5H3/b25-18-,28-24-. The van der Waals surface area contributed by atoms with Crippen LogP contribution in [0.3, 0.4) is 0 Å². The maximum absolute atomic E-state index is 5.38. The maximum Gasteiger partial charge on any atom is 0.156 e. The normalized spacial score (nSPS) is 14.8. The fraction of sp³-hybridized carbons (Fsp3) is 0.160. The van der Waals surface area contributed by atoms with Gasteiger partial charge in [0.2, 0.25) is 0 Å². The van der Waals surface area contributed by atoms with Gasteiger partial charge in [0.15, 0.2) is 5.82 Å². The molecule has 0 amide bonds. The van der Waals surface area contributed by atoms with E-state index in [1.807, 2.05) is 74.7 Å². The number of hydrogen-bond acceptors (Lipinski definition) is 7. The molecule has 166 valence electrons. The summed E-state index contributed by atoms with van der Waals surface area (Å²) in [4.78, 5) is 5.90. The van der Waals surface area contributed by atoms with Gasteiger partial charge in [-0.3, -0.25) is 0 Å². The number of rotatable bonds is 9. The molecular formula is C25H28N4O2S. The minimum absolute atomic E-state index is 0.683. The first-order chi connectivity index (χ1) is 15.5. The Morgan fingerprint density at radius 3 is 2.34 bits per heavy atom. The highest BCUT2D eigenvalue weighted by molar-refractivity contribution is 7.97. The summed E-state index contributed by atoms with van der Waals surface area (Å²) in [6, 6.07) is 13.8. The molecule has 3 rings (SSSR count). The number of nitrogens with zero attached hydrogens (tertiary/aromatic N) is 1. The molecule has 0 heterocycles. The topological polar surface area (TPSA) is 66.9 Å². The zero-order valence-corrected chi connectivity index (χ0v) is 19.5. The van der Waals surface area contributed by atoms with Crippen LogP contribution in [0.2, 0.25) is 0 Å². The number of aliphatic imine (C=N–C) groups is 1. The van der Waals surface area contributed by atoms with E-state index in [-0.39, 0.29) is 0 Å². The third kappa shape index (κ3) is 6.21. The number of anilines is 2. The van der Waals surface area contributed by atoms with Crippen molar-refractivity contribution in [2.24, 2.45) is 4.99 Å². The molecule has 0 unspecified atom stereocenters. The molecule has 1 aliphatic carbocycles. The average Bonchev–Trinajstić information content (AvgIpc) is 2.82. The van der Waals surface area contributed by atoms with Crippen LogP contribution in [0.5, 0.6) is 11.5 Å². The molecule has 0 fully saturated rings. The van der Waals surface area contributed by atoms with Crippen molar-refractivity contribution in [1.82, 2.24) is 4.72 Å². The van der Waals surface area contributed by atoms with E-state index in [9.17, 15) is 0 Å². The van der Waals surface area contributed by atoms with Gasteiger partial charge in [0, 0.05) is 41.5 Å². The van der Waals surface area contributed by atoms with Crippen LogP contribution in [0.4, 0.5) is 11.4 Å². The Balaban J connectivity index is 1.92. The number of allylic oxidation sites excluding steroid dienone is 6. The van der Waals surface area contributed by atoms with Gasteiger partial charge in [-0.05, 0) is 48.7 Å². The summed E-state index contributed by atoms with van der Waals surface area (Å²) in [5, 5.41) is 6.57. The molecular weight excluding hydrogens is 420 g/mol. The maximum atomic E-state index is 5.38. The SMILES string of the molecule is C=C1C=CC=C/C1=N/C(NSc1cccc(NC)c1)=C(\C)Nc1cc(OC)cc(OC)c1. The van der Waals surface area contributed by atoms with E-state index in [1.165, 1.54) is 11.9 Å². The van der Waals surface area contributed by atoms with Gasteiger partial charge in [0.25, 0.3) is 0 Å². The molecule has 6 nitrogen and oxygen atoms in total. The Labute approximate surface area is 193 Å². The molecule has 0 aromatic heterocycles. The van der Waals surface area contributed by atoms with Gasteiger partial charge in [-0.1, -0.05) is 30.9 Å². The number of hydrogen-bond donors (Lipinski definition) is 3. The minimum atomic E-state index is 0.683. The van der Waals surface area contributed by atoms with Crippen molar-refractivity contribution < 1.29 is 9.47 Å². The highest BCUT2D eigenvalue weighted by Crippen LogP contribution is 2.28. The van der Waals surface area contributed by atoms with E-state index in [4.69, 9.17) is 14.5 Å². The van der Waals surface area contributed by atoms with Crippen molar-refractivity contribution in [2.45, 2.75) is 11.8 Å². The molecule has 32 heavy (non-hydrogen) atoms. The number of nitrogens with one attached hydrogen (secondary N) is 3. The summed E-state index contributed by atoms with van der Waals surface area (Å²) < 4.78 is 14.2. The van der Waals surface area contributed by atoms with E-state index < -0.39 is 0 Å². The summed E-state index contributed by atoms with van der Waals surface area (Å²) in [6.45, 7) is 6.06. The van der Waals surface area contributed by atoms with E-state index in [0.717, 1.165) is 33.3 Å². The van der Waals surface area contributed by atoms with Crippen molar-refractivity contribution in [3.8, 4) is 11.5 Å². The highest BCUT2D eigenvalue weighted by atomic mass is 32.2. The summed E-state index contributed by atoms with van der Waals surface area (Å²) in [6.07, 6.45) is 7.78. The van der Waals surface area contributed by atoms with E-state index >= 15 is 0 Å². The minimum Gasteiger partial charge on any atom is -0.497 e. The van der Waals surface area contributed by atoms with Crippen LogP contribution in [0.15, 0.2) is 100 Å². The van der Waals surface area contributed by atoms with Crippen LogP contribution in [0.1, 0.15) is 6.92 Å². The molecule has 1 aliphatic rings. The van der Waals surface area contributed by atoms with Gasteiger partial charge in [-0.15, -0.1) is 0 Å². The van der Waals surface area contributed by atoms with Gasteiger partial charge >= 0.3 is 0 Å². The Bertz CT molecular complexity index is 1080. The van der Waals surface area contributed by atoms with E-state index in [1.54, 1.807) is 14.2 Å². The predicted octanol–water partition coefficient (Wildman–Crippen LogP) is 5.77. The molecule has 2 aromatic rings. The number of ether oxygens (including phenoxy) is 2. The lowest BCUT2D eigenvalue weighted by atomic mass is 10.1. The lowest BCUT2D eigenvalue weighted by molar-refractivity contribution is 0.395. The first kappa shape index (κ1) is 23.1. The Kier molecular flexibility index (Phi) is 8.05. The van der Waals surface area contributed by atoms with Crippen LogP contribution in [0, 0.1) is 0 Å². The van der Waals surface area contributed by atoms with Gasteiger partial charge in [-0.2, -0.15) is 0 Å². The van der Waals surface area contributed by atoms with Crippen LogP contribution in [-0.2, 0) is 0 Å². The largest absolute Gasteiger partial charge is 0.497 e. The third-order valence-electron chi connectivity index (χ3n) is 4.65. The summed E-state index contributed by atoms with van der Waals surface area (Å²) in [5.41, 5.74) is 4.36. The molecule has 0 radical (unpaired) electrons. The zero-order chi connectivity index (χ0) is 22.9. The average molecular weight is 449 g/mol. The first-order valence-electron chi connectivity index (χ1n) is 10.1. The molecule has 3 N–H and O–H groups in total. The Morgan fingerprint density at radius 2 is 1.69 bits per heavy atom. The van der Waals surface area contributed by atoms with Crippen molar-refractivity contribution in [3.05, 3.63) is 90.4 Å². The quantitative estimate of drug-likeness (QED) is 0.424.